The summed E-state index contributed by atoms with van der Waals surface area (Å²) in [6.45, 7) is 15.3. The van der Waals surface area contributed by atoms with Crippen molar-refractivity contribution < 1.29 is 4.79 Å². The van der Waals surface area contributed by atoms with Crippen molar-refractivity contribution in [3.8, 4) is 0 Å². The molecule has 0 fully saturated rings. The average Bonchev–Trinajstić information content (AvgIpc) is 1.77. The van der Waals surface area contributed by atoms with E-state index >= 15 is 0 Å². The summed E-state index contributed by atoms with van der Waals surface area (Å²) in [5.41, 5.74) is 0.268. The van der Waals surface area contributed by atoms with Gasteiger partial charge in [-0.05, 0) is 18.3 Å². The van der Waals surface area contributed by atoms with E-state index in [1.807, 2.05) is 0 Å². The molecule has 0 aliphatic carbocycles. The lowest BCUT2D eigenvalue weighted by Gasteiger charge is -2.30. The van der Waals surface area contributed by atoms with Crippen LogP contribution in [0.25, 0.3) is 0 Å². The Labute approximate surface area is 88.7 Å². The topological polar surface area (TPSA) is 20.3 Å². The van der Waals surface area contributed by atoms with E-state index in [2.05, 4.69) is 39.5 Å². The predicted molar refractivity (Wildman–Crippen MR) is 61.4 cm³/mol. The lowest BCUT2D eigenvalue weighted by atomic mass is 9.95. The normalized spacial score (nSPS) is 12.6. The molecule has 0 saturated heterocycles. The zero-order chi connectivity index (χ0) is 11.4. The third-order valence-electron chi connectivity index (χ3n) is 1.77. The third kappa shape index (κ3) is 8.24. The van der Waals surface area contributed by atoms with Gasteiger partial charge in [0.25, 0.3) is 0 Å². The maximum Gasteiger partial charge on any atom is 0.143 e. The Morgan fingerprint density at radius 2 is 1.79 bits per heavy atom. The van der Waals surface area contributed by atoms with Crippen LogP contribution in [0.1, 0.15) is 41.5 Å². The van der Waals surface area contributed by atoms with E-state index in [0.717, 1.165) is 13.1 Å². The lowest BCUT2D eigenvalue weighted by Crippen LogP contribution is -2.38. The average molecular weight is 199 g/mol. The summed E-state index contributed by atoms with van der Waals surface area (Å²) in [5, 5.41) is 0. The number of ketones is 1. The van der Waals surface area contributed by atoms with Gasteiger partial charge in [0.2, 0.25) is 0 Å². The predicted octanol–water partition coefficient (Wildman–Crippen LogP) is 2.58. The Bertz CT molecular complexity index is 179. The van der Waals surface area contributed by atoms with Crippen molar-refractivity contribution in [1.29, 1.82) is 0 Å². The molecule has 0 bridgehead atoms. The molecule has 84 valence electrons. The molecule has 0 aromatic carbocycles. The second kappa shape index (κ2) is 5.50. The van der Waals surface area contributed by atoms with Crippen LogP contribution in [0.5, 0.6) is 0 Å². The first-order valence-electron chi connectivity index (χ1n) is 5.42. The molecule has 0 unspecified atom stereocenters. The first-order chi connectivity index (χ1) is 6.20. The highest BCUT2D eigenvalue weighted by atomic mass is 16.1. The smallest absolute Gasteiger partial charge is 0.143 e. The molecule has 0 atom stereocenters. The summed E-state index contributed by atoms with van der Waals surface area (Å²) >= 11 is 0. The van der Waals surface area contributed by atoms with Crippen LogP contribution in [-0.2, 0) is 4.79 Å². The Morgan fingerprint density at radius 1 is 1.29 bits per heavy atom. The number of carbonyl (C=O) groups excluding carboxylic acids is 1. The van der Waals surface area contributed by atoms with Crippen LogP contribution in [-0.4, -0.2) is 30.3 Å². The molecule has 0 heterocycles. The quantitative estimate of drug-likeness (QED) is 0.678. The van der Waals surface area contributed by atoms with Crippen molar-refractivity contribution in [2.75, 3.05) is 19.6 Å². The summed E-state index contributed by atoms with van der Waals surface area (Å²) in [6.07, 6.45) is 0. The fourth-order valence-corrected chi connectivity index (χ4v) is 1.69. The summed E-state index contributed by atoms with van der Waals surface area (Å²) in [7, 11) is 0. The number of Topliss-reactive ketones (excluding diaryl/α,β-unsaturated/α-hetero) is 1. The minimum absolute atomic E-state index is 0.259. The maximum absolute atomic E-state index is 11.1. The Morgan fingerprint density at radius 3 is 2.07 bits per heavy atom. The molecular formula is C12H25NO. The second-order valence-corrected chi connectivity index (χ2v) is 5.83. The summed E-state index contributed by atoms with van der Waals surface area (Å²) < 4.78 is 0. The molecule has 0 aliphatic heterocycles. The first-order valence-corrected chi connectivity index (χ1v) is 5.42. The van der Waals surface area contributed by atoms with E-state index in [4.69, 9.17) is 0 Å². The summed E-state index contributed by atoms with van der Waals surface area (Å²) in [4.78, 5) is 13.3. The number of nitrogens with zero attached hydrogens (tertiary/aromatic N) is 1. The van der Waals surface area contributed by atoms with E-state index in [0.29, 0.717) is 12.5 Å². The molecule has 0 aromatic heterocycles. The molecule has 2 heteroatoms. The zero-order valence-corrected chi connectivity index (χ0v) is 10.6. The van der Waals surface area contributed by atoms with E-state index in [1.165, 1.54) is 0 Å². The molecule has 0 amide bonds. The Kier molecular flexibility index (Phi) is 5.35. The second-order valence-electron chi connectivity index (χ2n) is 5.83. The molecule has 0 N–H and O–H groups in total. The van der Waals surface area contributed by atoms with Crippen molar-refractivity contribution in [2.45, 2.75) is 41.5 Å². The standard InChI is InChI=1S/C12H25NO/c1-10(2)7-13(8-11(3)14)9-12(4,5)6/h10H,7-9H2,1-6H3. The van der Waals surface area contributed by atoms with Crippen LogP contribution >= 0.6 is 0 Å². The minimum Gasteiger partial charge on any atom is -0.299 e. The maximum atomic E-state index is 11.1. The van der Waals surface area contributed by atoms with Crippen molar-refractivity contribution in [2.24, 2.45) is 11.3 Å². The number of rotatable bonds is 5. The van der Waals surface area contributed by atoms with Gasteiger partial charge in [-0.15, -0.1) is 0 Å². The van der Waals surface area contributed by atoms with Crippen LogP contribution < -0.4 is 0 Å². The van der Waals surface area contributed by atoms with Gasteiger partial charge in [-0.1, -0.05) is 34.6 Å². The van der Waals surface area contributed by atoms with Gasteiger partial charge in [-0.25, -0.2) is 0 Å². The molecule has 2 nitrogen and oxygen atoms in total. The highest BCUT2D eigenvalue weighted by Crippen LogP contribution is 2.15. The van der Waals surface area contributed by atoms with Crippen molar-refractivity contribution in [3.05, 3.63) is 0 Å². The van der Waals surface area contributed by atoms with E-state index in [-0.39, 0.29) is 11.2 Å². The van der Waals surface area contributed by atoms with E-state index < -0.39 is 0 Å². The van der Waals surface area contributed by atoms with Gasteiger partial charge in [0.15, 0.2) is 0 Å². The van der Waals surface area contributed by atoms with Gasteiger partial charge in [0.1, 0.15) is 5.78 Å². The summed E-state index contributed by atoms with van der Waals surface area (Å²) in [6, 6.07) is 0. The monoisotopic (exact) mass is 199 g/mol. The SMILES string of the molecule is CC(=O)CN(CC(C)C)CC(C)(C)C. The number of hydrogen-bond acceptors (Lipinski definition) is 2. The molecule has 0 radical (unpaired) electrons. The van der Waals surface area contributed by atoms with Crippen LogP contribution in [0.15, 0.2) is 0 Å². The van der Waals surface area contributed by atoms with Crippen molar-refractivity contribution in [3.63, 3.8) is 0 Å². The van der Waals surface area contributed by atoms with E-state index in [9.17, 15) is 4.79 Å². The fourth-order valence-electron chi connectivity index (χ4n) is 1.69. The van der Waals surface area contributed by atoms with Crippen molar-refractivity contribution >= 4 is 5.78 Å². The lowest BCUT2D eigenvalue weighted by molar-refractivity contribution is -0.118. The molecule has 0 aromatic rings. The van der Waals surface area contributed by atoms with E-state index in [1.54, 1.807) is 6.92 Å². The minimum atomic E-state index is 0.259. The molecule has 0 spiro atoms. The number of hydrogen-bond donors (Lipinski definition) is 0. The van der Waals surface area contributed by atoms with Gasteiger partial charge in [-0.2, -0.15) is 0 Å². The van der Waals surface area contributed by atoms with Crippen LogP contribution in [0.4, 0.5) is 0 Å². The van der Waals surface area contributed by atoms with Gasteiger partial charge in [0.05, 0.1) is 6.54 Å². The van der Waals surface area contributed by atoms with Gasteiger partial charge in [-0.3, -0.25) is 9.69 Å². The molecule has 0 rings (SSSR count). The van der Waals surface area contributed by atoms with Crippen molar-refractivity contribution in [1.82, 2.24) is 4.90 Å². The zero-order valence-electron chi connectivity index (χ0n) is 10.6. The third-order valence-corrected chi connectivity index (χ3v) is 1.77. The van der Waals surface area contributed by atoms with Gasteiger partial charge >= 0.3 is 0 Å². The first kappa shape index (κ1) is 13.6. The van der Waals surface area contributed by atoms with Gasteiger partial charge in [0, 0.05) is 13.1 Å². The molecule has 14 heavy (non-hydrogen) atoms. The van der Waals surface area contributed by atoms with Crippen LogP contribution in [0.2, 0.25) is 0 Å². The summed E-state index contributed by atoms with van der Waals surface area (Å²) in [5.74, 6) is 0.881. The molecule has 0 aliphatic rings. The molecule has 0 saturated carbocycles. The largest absolute Gasteiger partial charge is 0.299 e. The number of carbonyl (C=O) groups is 1. The van der Waals surface area contributed by atoms with Crippen LogP contribution in [0.3, 0.4) is 0 Å². The Hall–Kier alpha value is -0.370. The fraction of sp³-hybridized carbons (Fsp3) is 0.917. The highest BCUT2D eigenvalue weighted by Gasteiger charge is 2.17. The Balaban J connectivity index is 4.17. The van der Waals surface area contributed by atoms with Crippen LogP contribution in [0, 0.1) is 11.3 Å². The molecular weight excluding hydrogens is 174 g/mol. The van der Waals surface area contributed by atoms with Gasteiger partial charge < -0.3 is 0 Å². The highest BCUT2D eigenvalue weighted by molar-refractivity contribution is 5.77.